The minimum atomic E-state index is -0.583. The molecule has 0 unspecified atom stereocenters. The highest BCUT2D eigenvalue weighted by molar-refractivity contribution is 9.10. The van der Waals surface area contributed by atoms with Crippen molar-refractivity contribution in [1.82, 2.24) is 4.98 Å². The number of anilines is 1. The molecule has 7 heteroatoms. The van der Waals surface area contributed by atoms with E-state index in [9.17, 15) is 14.4 Å². The Morgan fingerprint density at radius 1 is 1.24 bits per heavy atom. The van der Waals surface area contributed by atoms with E-state index in [0.29, 0.717) is 22.6 Å². The van der Waals surface area contributed by atoms with Gasteiger partial charge in [-0.2, -0.15) is 0 Å². The van der Waals surface area contributed by atoms with Gasteiger partial charge in [0.15, 0.2) is 5.78 Å². The first-order valence-electron chi connectivity index (χ1n) is 7.61. The Balaban J connectivity index is 2.29. The van der Waals surface area contributed by atoms with Crippen molar-refractivity contribution in [3.63, 3.8) is 0 Å². The van der Waals surface area contributed by atoms with Crippen LogP contribution in [0.15, 0.2) is 22.7 Å². The Hall–Kier alpha value is -2.41. The van der Waals surface area contributed by atoms with Crippen molar-refractivity contribution in [3.8, 4) is 0 Å². The van der Waals surface area contributed by atoms with E-state index in [0.717, 1.165) is 10.0 Å². The summed E-state index contributed by atoms with van der Waals surface area (Å²) in [4.78, 5) is 39.0. The van der Waals surface area contributed by atoms with Gasteiger partial charge < -0.3 is 15.0 Å². The maximum atomic E-state index is 12.4. The Labute approximate surface area is 154 Å². The van der Waals surface area contributed by atoms with E-state index in [4.69, 9.17) is 4.74 Å². The second kappa shape index (κ2) is 7.65. The Kier molecular flexibility index (Phi) is 5.79. The molecule has 0 fully saturated rings. The largest absolute Gasteiger partial charge is 0.465 e. The number of Topliss-reactive ketones (excluding diaryl/α,β-unsaturated/α-hetero) is 1. The van der Waals surface area contributed by atoms with Crippen LogP contribution in [0.1, 0.15) is 44.6 Å². The van der Waals surface area contributed by atoms with Crippen LogP contribution in [0.2, 0.25) is 0 Å². The van der Waals surface area contributed by atoms with Gasteiger partial charge in [0, 0.05) is 17.1 Å². The topological polar surface area (TPSA) is 88.3 Å². The van der Waals surface area contributed by atoms with Crippen LogP contribution in [-0.4, -0.2) is 29.8 Å². The third-order valence-corrected chi connectivity index (χ3v) is 4.46. The molecule has 2 rings (SSSR count). The first kappa shape index (κ1) is 18.9. The van der Waals surface area contributed by atoms with Crippen LogP contribution >= 0.6 is 15.9 Å². The molecule has 0 aliphatic carbocycles. The Bertz CT molecular complexity index is 855. The minimum Gasteiger partial charge on any atom is -0.465 e. The number of aryl methyl sites for hydroxylation is 1. The molecule has 0 saturated heterocycles. The van der Waals surface area contributed by atoms with Gasteiger partial charge in [-0.25, -0.2) is 4.79 Å². The van der Waals surface area contributed by atoms with E-state index in [2.05, 4.69) is 26.2 Å². The molecule has 1 heterocycles. The van der Waals surface area contributed by atoms with Gasteiger partial charge in [-0.05, 0) is 53.0 Å². The van der Waals surface area contributed by atoms with Crippen molar-refractivity contribution in [2.45, 2.75) is 27.2 Å². The van der Waals surface area contributed by atoms with E-state index < -0.39 is 5.97 Å². The number of esters is 1. The standard InChI is InChI=1S/C18H19BrN2O4/c1-9-5-6-13(12(19)7-9)20-15(23)8-14-16(18(24)25-4)10(2)17(21-14)11(3)22/h5-7,21H,8H2,1-4H3,(H,20,23). The molecular formula is C18H19BrN2O4. The molecule has 0 aliphatic heterocycles. The Morgan fingerprint density at radius 2 is 1.92 bits per heavy atom. The number of rotatable bonds is 5. The lowest BCUT2D eigenvalue weighted by Crippen LogP contribution is -2.17. The van der Waals surface area contributed by atoms with Crippen LogP contribution < -0.4 is 5.32 Å². The van der Waals surface area contributed by atoms with Crippen LogP contribution in [0.4, 0.5) is 5.69 Å². The maximum absolute atomic E-state index is 12.4. The van der Waals surface area contributed by atoms with Crippen molar-refractivity contribution >= 4 is 39.3 Å². The zero-order valence-corrected chi connectivity index (χ0v) is 16.0. The molecule has 132 valence electrons. The second-order valence-electron chi connectivity index (χ2n) is 5.73. The maximum Gasteiger partial charge on any atom is 0.339 e. The molecule has 2 N–H and O–H groups in total. The normalized spacial score (nSPS) is 10.4. The number of hydrogen-bond acceptors (Lipinski definition) is 4. The van der Waals surface area contributed by atoms with E-state index in [1.54, 1.807) is 13.0 Å². The number of amides is 1. The zero-order valence-electron chi connectivity index (χ0n) is 14.5. The lowest BCUT2D eigenvalue weighted by Gasteiger charge is -2.08. The summed E-state index contributed by atoms with van der Waals surface area (Å²) in [6, 6.07) is 5.56. The van der Waals surface area contributed by atoms with Gasteiger partial charge in [-0.1, -0.05) is 6.07 Å². The summed E-state index contributed by atoms with van der Waals surface area (Å²) >= 11 is 3.40. The zero-order chi connectivity index (χ0) is 18.7. The number of aromatic amines is 1. The molecular weight excluding hydrogens is 388 g/mol. The van der Waals surface area contributed by atoms with Gasteiger partial charge in [-0.15, -0.1) is 0 Å². The summed E-state index contributed by atoms with van der Waals surface area (Å²) in [7, 11) is 1.26. The van der Waals surface area contributed by atoms with Crippen molar-refractivity contribution < 1.29 is 19.1 Å². The van der Waals surface area contributed by atoms with Crippen molar-refractivity contribution in [1.29, 1.82) is 0 Å². The average molecular weight is 407 g/mol. The summed E-state index contributed by atoms with van der Waals surface area (Å²) in [5, 5.41) is 2.79. The summed E-state index contributed by atoms with van der Waals surface area (Å²) in [5.41, 5.74) is 3.06. The fourth-order valence-corrected chi connectivity index (χ4v) is 3.19. The lowest BCUT2D eigenvalue weighted by molar-refractivity contribution is -0.115. The highest BCUT2D eigenvalue weighted by atomic mass is 79.9. The predicted molar refractivity (Wildman–Crippen MR) is 98.1 cm³/mol. The number of benzene rings is 1. The number of nitrogens with one attached hydrogen (secondary N) is 2. The van der Waals surface area contributed by atoms with E-state index in [1.807, 2.05) is 19.1 Å². The number of methoxy groups -OCH3 is 1. The summed E-state index contributed by atoms with van der Waals surface area (Å²) in [6.07, 6.45) is -0.0845. The van der Waals surface area contributed by atoms with E-state index in [1.165, 1.54) is 14.0 Å². The van der Waals surface area contributed by atoms with Crippen molar-refractivity contribution in [2.24, 2.45) is 0 Å². The molecule has 25 heavy (non-hydrogen) atoms. The summed E-state index contributed by atoms with van der Waals surface area (Å²) in [6.45, 7) is 4.99. The fraction of sp³-hybridized carbons (Fsp3) is 0.278. The number of aromatic nitrogens is 1. The number of carbonyl (C=O) groups is 3. The smallest absolute Gasteiger partial charge is 0.339 e. The highest BCUT2D eigenvalue weighted by Crippen LogP contribution is 2.25. The minimum absolute atomic E-state index is 0.0845. The fourth-order valence-electron chi connectivity index (χ4n) is 2.60. The lowest BCUT2D eigenvalue weighted by atomic mass is 10.1. The molecule has 0 saturated carbocycles. The van der Waals surface area contributed by atoms with E-state index in [-0.39, 0.29) is 23.7 Å². The number of halogens is 1. The first-order chi connectivity index (χ1) is 11.7. The molecule has 1 aromatic carbocycles. The second-order valence-corrected chi connectivity index (χ2v) is 6.59. The first-order valence-corrected chi connectivity index (χ1v) is 8.40. The molecule has 1 amide bonds. The van der Waals surface area contributed by atoms with Gasteiger partial charge in [0.1, 0.15) is 0 Å². The molecule has 0 spiro atoms. The monoisotopic (exact) mass is 406 g/mol. The molecule has 0 radical (unpaired) electrons. The van der Waals surface area contributed by atoms with Crippen LogP contribution in [0.5, 0.6) is 0 Å². The molecule has 1 aromatic heterocycles. The van der Waals surface area contributed by atoms with Crippen molar-refractivity contribution in [2.75, 3.05) is 12.4 Å². The number of H-pyrrole nitrogens is 1. The highest BCUT2D eigenvalue weighted by Gasteiger charge is 2.24. The van der Waals surface area contributed by atoms with Crippen LogP contribution in [0.25, 0.3) is 0 Å². The molecule has 0 atom stereocenters. The predicted octanol–water partition coefficient (Wildman–Crippen LogP) is 3.56. The van der Waals surface area contributed by atoms with Gasteiger partial charge in [-0.3, -0.25) is 9.59 Å². The Morgan fingerprint density at radius 3 is 2.48 bits per heavy atom. The quantitative estimate of drug-likeness (QED) is 0.586. The molecule has 6 nitrogen and oxygen atoms in total. The molecule has 0 aliphatic rings. The van der Waals surface area contributed by atoms with E-state index >= 15 is 0 Å². The van der Waals surface area contributed by atoms with Crippen LogP contribution in [0.3, 0.4) is 0 Å². The number of ketones is 1. The third kappa shape index (κ3) is 4.17. The van der Waals surface area contributed by atoms with Gasteiger partial charge in [0.25, 0.3) is 0 Å². The van der Waals surface area contributed by atoms with Gasteiger partial charge in [0.2, 0.25) is 5.91 Å². The average Bonchev–Trinajstić information content (AvgIpc) is 2.86. The number of ether oxygens (including phenoxy) is 1. The number of carbonyl (C=O) groups excluding carboxylic acids is 3. The molecule has 2 aromatic rings. The molecule has 0 bridgehead atoms. The summed E-state index contributed by atoms with van der Waals surface area (Å²) in [5.74, 6) is -1.11. The SMILES string of the molecule is COC(=O)c1c(CC(=O)Nc2ccc(C)cc2Br)[nH]c(C(C)=O)c1C. The number of hydrogen-bond donors (Lipinski definition) is 2. The van der Waals surface area contributed by atoms with Gasteiger partial charge >= 0.3 is 5.97 Å². The van der Waals surface area contributed by atoms with Crippen molar-refractivity contribution in [3.05, 3.63) is 50.8 Å². The third-order valence-electron chi connectivity index (χ3n) is 3.81. The van der Waals surface area contributed by atoms with Gasteiger partial charge in [0.05, 0.1) is 30.5 Å². The van der Waals surface area contributed by atoms with Crippen LogP contribution in [0, 0.1) is 13.8 Å². The summed E-state index contributed by atoms with van der Waals surface area (Å²) < 4.78 is 5.54. The van der Waals surface area contributed by atoms with Crippen LogP contribution in [-0.2, 0) is 16.0 Å².